The van der Waals surface area contributed by atoms with Crippen molar-refractivity contribution in [2.75, 3.05) is 26.4 Å². The van der Waals surface area contributed by atoms with Crippen LogP contribution < -0.4 is 5.32 Å². The Morgan fingerprint density at radius 3 is 1.03 bits per heavy atom. The molecule has 19 nitrogen and oxygen atoms in total. The topological polar surface area (TPSA) is 307 Å². The Balaban J connectivity index is 1.36. The second kappa shape index (κ2) is 65.4. The molecule has 3 aliphatic heterocycles. The molecule has 19 heteroatoms. The Kier molecular flexibility index (Phi) is 59.8. The number of rotatable bonds is 66. The number of ether oxygens (including phenoxy) is 6. The second-order valence-electron chi connectivity index (χ2n) is 29.6. The van der Waals surface area contributed by atoms with Crippen LogP contribution >= 0.6 is 0 Å². The Bertz CT molecular complexity index is 2270. The Labute approximate surface area is 634 Å². The molecule has 17 unspecified atom stereocenters. The van der Waals surface area contributed by atoms with Gasteiger partial charge in [0.15, 0.2) is 18.9 Å². The van der Waals surface area contributed by atoms with Gasteiger partial charge in [-0.25, -0.2) is 0 Å². The fraction of sp³-hybridized carbons (Fsp3) is 0.802. The third-order valence-corrected chi connectivity index (χ3v) is 20.4. The van der Waals surface area contributed by atoms with Crippen LogP contribution in [0.1, 0.15) is 309 Å². The highest BCUT2D eigenvalue weighted by molar-refractivity contribution is 5.76. The average Bonchev–Trinajstić information content (AvgIpc) is 0.780. The molecule has 0 aliphatic carbocycles. The van der Waals surface area contributed by atoms with Crippen molar-refractivity contribution in [1.29, 1.82) is 0 Å². The van der Waals surface area contributed by atoms with Gasteiger partial charge in [0.1, 0.15) is 73.2 Å². The lowest BCUT2D eigenvalue weighted by atomic mass is 9.96. The zero-order valence-electron chi connectivity index (χ0n) is 65.2. The summed E-state index contributed by atoms with van der Waals surface area (Å²) in [6.45, 7) is 1.71. The molecule has 12 N–H and O–H groups in total. The van der Waals surface area contributed by atoms with Crippen LogP contribution in [0.5, 0.6) is 0 Å². The van der Waals surface area contributed by atoms with E-state index in [0.717, 1.165) is 116 Å². The minimum atomic E-state index is -1.98. The zero-order valence-corrected chi connectivity index (χ0v) is 65.2. The number of nitrogens with one attached hydrogen (secondary N) is 1. The van der Waals surface area contributed by atoms with Gasteiger partial charge in [0.05, 0.1) is 38.6 Å². The molecule has 0 spiro atoms. The van der Waals surface area contributed by atoms with Crippen molar-refractivity contribution in [3.05, 3.63) is 97.2 Å². The van der Waals surface area contributed by atoms with E-state index in [4.69, 9.17) is 28.4 Å². The van der Waals surface area contributed by atoms with E-state index >= 15 is 0 Å². The number of unbranched alkanes of at least 4 members (excludes halogenated alkanes) is 34. The molecule has 1 amide bonds. The summed E-state index contributed by atoms with van der Waals surface area (Å²) in [5, 5.41) is 121. The SMILES string of the molecule is CC/C=C\C/C=C\C/C=C\C/C=C\C/C=C\C/C=C\C/C=C\C/C=C\CCCCCCCCCCC(=O)NC(COC1OC(CO)C(OC2OC(CO)C(OC3OC(CO)C(O)C(O)C3O)C(O)C2O)C(O)C1O)C(O)CCCCCCCCCCCCCCCCCCCCCCCCCCCCC. The molecule has 3 aliphatic rings. The van der Waals surface area contributed by atoms with Crippen LogP contribution in [0.25, 0.3) is 0 Å². The van der Waals surface area contributed by atoms with Crippen molar-refractivity contribution in [2.24, 2.45) is 0 Å². The van der Waals surface area contributed by atoms with Gasteiger partial charge in [0.2, 0.25) is 5.91 Å². The molecule has 608 valence electrons. The van der Waals surface area contributed by atoms with Crippen LogP contribution in [0, 0.1) is 0 Å². The van der Waals surface area contributed by atoms with Crippen molar-refractivity contribution >= 4 is 5.91 Å². The molecule has 3 rings (SSSR count). The fourth-order valence-corrected chi connectivity index (χ4v) is 13.7. The molecule has 3 fully saturated rings. The van der Waals surface area contributed by atoms with E-state index in [0.29, 0.717) is 12.8 Å². The first kappa shape index (κ1) is 95.9. The first-order valence-electron chi connectivity index (χ1n) is 42.0. The largest absolute Gasteiger partial charge is 0.394 e. The Morgan fingerprint density at radius 2 is 0.657 bits per heavy atom. The number of carbonyl (C=O) groups excluding carboxylic acids is 1. The summed E-state index contributed by atoms with van der Waals surface area (Å²) in [5.74, 6) is -0.251. The molecule has 0 aromatic heterocycles. The molecule has 0 aromatic rings. The molecular formula is C86H151NO18. The summed E-state index contributed by atoms with van der Waals surface area (Å²) in [4.78, 5) is 13.5. The van der Waals surface area contributed by atoms with Gasteiger partial charge in [-0.05, 0) is 77.0 Å². The summed E-state index contributed by atoms with van der Waals surface area (Å²) in [5.41, 5.74) is 0. The highest BCUT2D eigenvalue weighted by atomic mass is 16.8. The zero-order chi connectivity index (χ0) is 76.0. The van der Waals surface area contributed by atoms with E-state index in [1.165, 1.54) is 161 Å². The first-order valence-corrected chi connectivity index (χ1v) is 42.0. The van der Waals surface area contributed by atoms with Gasteiger partial charge >= 0.3 is 0 Å². The van der Waals surface area contributed by atoms with Crippen molar-refractivity contribution < 1.29 is 89.4 Å². The lowest BCUT2D eigenvalue weighted by Crippen LogP contribution is -2.66. The minimum Gasteiger partial charge on any atom is -0.394 e. The maximum Gasteiger partial charge on any atom is 0.220 e. The highest BCUT2D eigenvalue weighted by Gasteiger charge is 2.54. The van der Waals surface area contributed by atoms with E-state index in [-0.39, 0.29) is 18.9 Å². The van der Waals surface area contributed by atoms with Gasteiger partial charge in [0, 0.05) is 6.42 Å². The standard InChI is InChI=1S/C86H151NO18/c1-3-5-7-9-11-13-15-17-19-21-23-25-27-29-31-32-33-34-35-36-38-40-42-44-46-48-50-52-54-56-58-60-62-64-74(92)87-69(70(91)63-61-59-57-55-53-51-49-47-45-43-41-39-37-30-28-26-24-22-20-18-16-14-12-10-8-6-4-2)68-100-84-80(98)77(95)82(72(66-89)102-84)105-86-81(99)78(96)83(73(67-90)103-86)104-85-79(97)76(94)75(93)71(65-88)101-85/h5,7,11,13,17,19,23,25,29,31,33-34,36,38,42,44,69-73,75-86,88-91,93-99H,3-4,6,8-10,12,14-16,18,20-22,24,26-28,30,32,35,37,39-41,43,45-68H2,1-2H3,(H,87,92)/b7-5-,13-11-,19-17-,25-23-,31-29-,34-33-,38-36-,44-42-. The maximum absolute atomic E-state index is 13.5. The predicted molar refractivity (Wildman–Crippen MR) is 420 cm³/mol. The van der Waals surface area contributed by atoms with Gasteiger partial charge in [0.25, 0.3) is 0 Å². The molecule has 17 atom stereocenters. The van der Waals surface area contributed by atoms with E-state index in [2.05, 4.69) is 116 Å². The monoisotopic (exact) mass is 1490 g/mol. The fourth-order valence-electron chi connectivity index (χ4n) is 13.7. The van der Waals surface area contributed by atoms with Crippen molar-refractivity contribution in [2.45, 2.75) is 413 Å². The van der Waals surface area contributed by atoms with Crippen molar-refractivity contribution in [1.82, 2.24) is 5.32 Å². The number of allylic oxidation sites excluding steroid dienone is 16. The van der Waals surface area contributed by atoms with E-state index in [9.17, 15) is 61.0 Å². The van der Waals surface area contributed by atoms with Crippen LogP contribution in [0.15, 0.2) is 97.2 Å². The summed E-state index contributed by atoms with van der Waals surface area (Å²) in [6, 6.07) is -0.901. The van der Waals surface area contributed by atoms with Gasteiger partial charge in [-0.15, -0.1) is 0 Å². The molecule has 105 heavy (non-hydrogen) atoms. The van der Waals surface area contributed by atoms with E-state index in [1.807, 2.05) is 0 Å². The molecule has 0 aromatic carbocycles. The third kappa shape index (κ3) is 45.0. The van der Waals surface area contributed by atoms with E-state index < -0.39 is 124 Å². The predicted octanol–water partition coefficient (Wildman–Crippen LogP) is 14.7. The van der Waals surface area contributed by atoms with Crippen LogP contribution in [0.3, 0.4) is 0 Å². The lowest BCUT2D eigenvalue weighted by Gasteiger charge is -2.48. The third-order valence-electron chi connectivity index (χ3n) is 20.4. The quantitative estimate of drug-likeness (QED) is 0.0199. The maximum atomic E-state index is 13.5. The van der Waals surface area contributed by atoms with Crippen LogP contribution in [-0.2, 0) is 33.2 Å². The van der Waals surface area contributed by atoms with Crippen LogP contribution in [-0.4, -0.2) is 193 Å². The molecule has 3 saturated heterocycles. The van der Waals surface area contributed by atoms with Crippen molar-refractivity contribution in [3.8, 4) is 0 Å². The molecule has 3 heterocycles. The average molecular weight is 1490 g/mol. The van der Waals surface area contributed by atoms with Gasteiger partial charge in [-0.3, -0.25) is 4.79 Å². The van der Waals surface area contributed by atoms with Crippen LogP contribution in [0.2, 0.25) is 0 Å². The van der Waals surface area contributed by atoms with Gasteiger partial charge in [-0.2, -0.15) is 0 Å². The number of carbonyl (C=O) groups is 1. The van der Waals surface area contributed by atoms with Crippen LogP contribution in [0.4, 0.5) is 0 Å². The summed E-state index contributed by atoms with van der Waals surface area (Å²) < 4.78 is 34.5. The smallest absolute Gasteiger partial charge is 0.220 e. The lowest BCUT2D eigenvalue weighted by molar-refractivity contribution is -0.379. The summed E-state index contributed by atoms with van der Waals surface area (Å²) in [6.07, 6.45) is 62.0. The minimum absolute atomic E-state index is 0.251. The van der Waals surface area contributed by atoms with E-state index in [1.54, 1.807) is 0 Å². The number of aliphatic hydroxyl groups is 11. The number of amides is 1. The van der Waals surface area contributed by atoms with Gasteiger partial charge in [-0.1, -0.05) is 323 Å². The second-order valence-corrected chi connectivity index (χ2v) is 29.6. The van der Waals surface area contributed by atoms with Gasteiger partial charge < -0.3 is 89.9 Å². The number of aliphatic hydroxyl groups excluding tert-OH is 11. The molecule has 0 bridgehead atoms. The first-order chi connectivity index (χ1) is 51.3. The highest BCUT2D eigenvalue weighted by Crippen LogP contribution is 2.33. The normalized spacial score (nSPS) is 26.3. The molecular weight excluding hydrogens is 1330 g/mol. The summed E-state index contributed by atoms with van der Waals surface area (Å²) in [7, 11) is 0. The molecule has 0 radical (unpaired) electrons. The Morgan fingerprint density at radius 1 is 0.352 bits per heavy atom. The number of hydrogen-bond donors (Lipinski definition) is 12. The summed E-state index contributed by atoms with van der Waals surface area (Å²) >= 11 is 0. The number of hydrogen-bond acceptors (Lipinski definition) is 18. The molecule has 0 saturated carbocycles. The van der Waals surface area contributed by atoms with Crippen molar-refractivity contribution in [3.63, 3.8) is 0 Å². The Hall–Kier alpha value is -3.29.